The van der Waals surface area contributed by atoms with Crippen LogP contribution in [0.4, 0.5) is 0 Å². The zero-order valence-electron chi connectivity index (χ0n) is 16.9. The number of guanidine groups is 1. The molecule has 0 aliphatic rings. The van der Waals surface area contributed by atoms with Gasteiger partial charge in [-0.15, -0.1) is 24.0 Å². The van der Waals surface area contributed by atoms with E-state index in [2.05, 4.69) is 48.2 Å². The summed E-state index contributed by atoms with van der Waals surface area (Å²) in [7, 11) is 1.78. The van der Waals surface area contributed by atoms with Crippen LogP contribution in [0.1, 0.15) is 45.6 Å². The molecule has 1 aromatic carbocycles. The number of halogens is 1. The van der Waals surface area contributed by atoms with Crippen molar-refractivity contribution in [1.29, 1.82) is 0 Å². The third-order valence-electron chi connectivity index (χ3n) is 4.44. The molecule has 0 amide bonds. The number of aliphatic imine (C=N–C) groups is 1. The molecule has 0 aliphatic carbocycles. The van der Waals surface area contributed by atoms with Crippen molar-refractivity contribution in [2.24, 2.45) is 4.99 Å². The predicted octanol–water partition coefficient (Wildman–Crippen LogP) is 3.05. The maximum Gasteiger partial charge on any atom is 0.191 e. The average Bonchev–Trinajstić information content (AvgIpc) is 2.60. The van der Waals surface area contributed by atoms with Crippen LogP contribution in [0.3, 0.4) is 0 Å². The number of aliphatic hydroxyl groups excluding tert-OH is 1. The van der Waals surface area contributed by atoms with E-state index in [-0.39, 0.29) is 36.5 Å². The molecule has 0 aromatic heterocycles. The van der Waals surface area contributed by atoms with E-state index in [0.717, 1.165) is 31.0 Å². The number of hydrogen-bond acceptors (Lipinski definition) is 3. The molecule has 0 aliphatic heterocycles. The summed E-state index contributed by atoms with van der Waals surface area (Å²) in [4.78, 5) is 6.77. The van der Waals surface area contributed by atoms with Gasteiger partial charge < -0.3 is 15.7 Å². The minimum atomic E-state index is 0. The zero-order valence-corrected chi connectivity index (χ0v) is 19.2. The summed E-state index contributed by atoms with van der Waals surface area (Å²) < 4.78 is 0. The van der Waals surface area contributed by atoms with Gasteiger partial charge in [0.25, 0.3) is 0 Å². The van der Waals surface area contributed by atoms with Crippen molar-refractivity contribution in [2.45, 2.75) is 52.1 Å². The van der Waals surface area contributed by atoms with Gasteiger partial charge in [-0.3, -0.25) is 9.89 Å². The van der Waals surface area contributed by atoms with Gasteiger partial charge >= 0.3 is 0 Å². The zero-order chi connectivity index (χ0) is 18.7. The molecule has 1 unspecified atom stereocenters. The van der Waals surface area contributed by atoms with Crippen molar-refractivity contribution < 1.29 is 5.11 Å². The van der Waals surface area contributed by atoms with E-state index in [9.17, 15) is 5.11 Å². The highest BCUT2D eigenvalue weighted by Gasteiger charge is 2.13. The van der Waals surface area contributed by atoms with E-state index in [1.54, 1.807) is 7.05 Å². The largest absolute Gasteiger partial charge is 0.396 e. The molecule has 150 valence electrons. The highest BCUT2D eigenvalue weighted by atomic mass is 127. The van der Waals surface area contributed by atoms with E-state index in [0.29, 0.717) is 18.6 Å². The Bertz CT molecular complexity index is 486. The Balaban J connectivity index is 0.00000625. The fourth-order valence-corrected chi connectivity index (χ4v) is 3.03. The van der Waals surface area contributed by atoms with Crippen LogP contribution >= 0.6 is 24.0 Å². The summed E-state index contributed by atoms with van der Waals surface area (Å²) in [6.45, 7) is 11.7. The molecule has 1 aromatic rings. The predicted molar refractivity (Wildman–Crippen MR) is 123 cm³/mol. The molecular weight excluding hydrogens is 439 g/mol. The van der Waals surface area contributed by atoms with Crippen molar-refractivity contribution in [1.82, 2.24) is 15.5 Å². The number of rotatable bonds is 10. The Morgan fingerprint density at radius 1 is 1.08 bits per heavy atom. The molecule has 0 saturated carbocycles. The molecule has 6 heteroatoms. The Kier molecular flexibility index (Phi) is 13.8. The third-order valence-corrected chi connectivity index (χ3v) is 4.44. The quantitative estimate of drug-likeness (QED) is 0.210. The van der Waals surface area contributed by atoms with Crippen molar-refractivity contribution in [3.8, 4) is 0 Å². The van der Waals surface area contributed by atoms with E-state index in [1.165, 1.54) is 0 Å². The molecule has 0 radical (unpaired) electrons. The lowest BCUT2D eigenvalue weighted by molar-refractivity contribution is 0.173. The number of nitrogens with one attached hydrogen (secondary N) is 2. The Hall–Kier alpha value is -0.860. The van der Waals surface area contributed by atoms with Gasteiger partial charge in [-0.25, -0.2) is 0 Å². The monoisotopic (exact) mass is 476 g/mol. The second-order valence-corrected chi connectivity index (χ2v) is 6.95. The Labute approximate surface area is 176 Å². The van der Waals surface area contributed by atoms with Crippen molar-refractivity contribution >= 4 is 29.9 Å². The van der Waals surface area contributed by atoms with Gasteiger partial charge in [0.05, 0.1) is 6.61 Å². The van der Waals surface area contributed by atoms with Crippen LogP contribution in [0.25, 0.3) is 0 Å². The third kappa shape index (κ3) is 9.19. The molecule has 0 saturated heterocycles. The number of aliphatic hydroxyl groups is 1. The van der Waals surface area contributed by atoms with E-state index >= 15 is 0 Å². The lowest BCUT2D eigenvalue weighted by Gasteiger charge is -2.30. The molecule has 5 nitrogen and oxygen atoms in total. The van der Waals surface area contributed by atoms with Gasteiger partial charge in [0.1, 0.15) is 0 Å². The maximum absolute atomic E-state index is 9.64. The molecule has 0 spiro atoms. The number of nitrogens with zero attached hydrogens (tertiary/aromatic N) is 2. The van der Waals surface area contributed by atoms with Crippen LogP contribution in [-0.4, -0.2) is 61.3 Å². The summed E-state index contributed by atoms with van der Waals surface area (Å²) in [5.41, 5.74) is 1.14. The van der Waals surface area contributed by atoms with E-state index in [1.807, 2.05) is 30.3 Å². The van der Waals surface area contributed by atoms with E-state index in [4.69, 9.17) is 0 Å². The topological polar surface area (TPSA) is 59.9 Å². The van der Waals surface area contributed by atoms with Crippen LogP contribution < -0.4 is 10.6 Å². The fraction of sp³-hybridized carbons (Fsp3) is 0.650. The molecule has 26 heavy (non-hydrogen) atoms. The summed E-state index contributed by atoms with van der Waals surface area (Å²) in [6, 6.07) is 11.2. The van der Waals surface area contributed by atoms with Crippen molar-refractivity contribution in [3.05, 3.63) is 35.9 Å². The molecule has 0 heterocycles. The Morgan fingerprint density at radius 3 is 2.19 bits per heavy atom. The molecule has 0 bridgehead atoms. The van der Waals surface area contributed by atoms with Gasteiger partial charge in [0.15, 0.2) is 5.96 Å². The van der Waals surface area contributed by atoms with Crippen LogP contribution in [0.15, 0.2) is 35.3 Å². The normalized spacial score (nSPS) is 13.0. The smallest absolute Gasteiger partial charge is 0.191 e. The first kappa shape index (κ1) is 25.1. The number of hydrogen-bond donors (Lipinski definition) is 3. The fourth-order valence-electron chi connectivity index (χ4n) is 3.03. The maximum atomic E-state index is 9.64. The van der Waals surface area contributed by atoms with Gasteiger partial charge in [-0.2, -0.15) is 0 Å². The minimum absolute atomic E-state index is 0. The van der Waals surface area contributed by atoms with Crippen LogP contribution in [-0.2, 0) is 0 Å². The lowest BCUT2D eigenvalue weighted by Crippen LogP contribution is -2.42. The lowest BCUT2D eigenvalue weighted by atomic mass is 10.0. The first-order valence-corrected chi connectivity index (χ1v) is 9.35. The van der Waals surface area contributed by atoms with Crippen molar-refractivity contribution in [2.75, 3.05) is 33.3 Å². The SMILES string of the molecule is CN=C(NCCCN(C(C)C)C(C)C)NCC(CO)c1ccccc1.I. The molecule has 1 atom stereocenters. The van der Waals surface area contributed by atoms with Crippen LogP contribution in [0.5, 0.6) is 0 Å². The highest BCUT2D eigenvalue weighted by Crippen LogP contribution is 2.13. The number of benzene rings is 1. The van der Waals surface area contributed by atoms with Gasteiger partial charge in [0.2, 0.25) is 0 Å². The summed E-state index contributed by atoms with van der Waals surface area (Å²) in [5.74, 6) is 0.854. The van der Waals surface area contributed by atoms with Crippen molar-refractivity contribution in [3.63, 3.8) is 0 Å². The molecule has 3 N–H and O–H groups in total. The first-order valence-electron chi connectivity index (χ1n) is 9.35. The van der Waals surface area contributed by atoms with E-state index < -0.39 is 0 Å². The van der Waals surface area contributed by atoms with Crippen LogP contribution in [0.2, 0.25) is 0 Å². The van der Waals surface area contributed by atoms with Gasteiger partial charge in [0, 0.05) is 44.7 Å². The molecule has 0 fully saturated rings. The van der Waals surface area contributed by atoms with Gasteiger partial charge in [-0.05, 0) is 39.7 Å². The second-order valence-electron chi connectivity index (χ2n) is 6.95. The first-order chi connectivity index (χ1) is 12.0. The van der Waals surface area contributed by atoms with Gasteiger partial charge in [-0.1, -0.05) is 30.3 Å². The summed E-state index contributed by atoms with van der Waals surface area (Å²) >= 11 is 0. The minimum Gasteiger partial charge on any atom is -0.396 e. The Morgan fingerprint density at radius 2 is 1.69 bits per heavy atom. The standard InChI is InChI=1S/C20H36N4O.HI/c1-16(2)24(17(3)4)13-9-12-22-20(21-5)23-14-19(15-25)18-10-7-6-8-11-18;/h6-8,10-11,16-17,19,25H,9,12-15H2,1-5H3,(H2,21,22,23);1H. The highest BCUT2D eigenvalue weighted by molar-refractivity contribution is 14.0. The second kappa shape index (κ2) is 14.2. The van der Waals surface area contributed by atoms with Crippen LogP contribution in [0, 0.1) is 0 Å². The molecule has 1 rings (SSSR count). The summed E-state index contributed by atoms with van der Waals surface area (Å²) in [6.07, 6.45) is 1.07. The summed E-state index contributed by atoms with van der Waals surface area (Å²) in [5, 5.41) is 16.3. The molecular formula is C20H37IN4O. The average molecular weight is 476 g/mol.